The zero-order valence-corrected chi connectivity index (χ0v) is 9.17. The van der Waals surface area contributed by atoms with E-state index >= 15 is 0 Å². The van der Waals surface area contributed by atoms with Crippen molar-refractivity contribution in [3.8, 4) is 0 Å². The summed E-state index contributed by atoms with van der Waals surface area (Å²) in [5, 5.41) is 0. The molecule has 0 saturated carbocycles. The summed E-state index contributed by atoms with van der Waals surface area (Å²) < 4.78 is 1.21. The molecule has 0 fully saturated rings. The molecule has 0 aromatic heterocycles. The first-order valence-corrected chi connectivity index (χ1v) is 5.68. The molecule has 0 spiro atoms. The van der Waals surface area contributed by atoms with Crippen molar-refractivity contribution in [2.75, 3.05) is 0 Å². The summed E-state index contributed by atoms with van der Waals surface area (Å²) in [7, 11) is 0. The van der Waals surface area contributed by atoms with Gasteiger partial charge in [-0.1, -0.05) is 0 Å². The number of rotatable bonds is 2. The second-order valence-corrected chi connectivity index (χ2v) is 3.34. The minimum atomic E-state index is 0.678. The van der Waals surface area contributed by atoms with E-state index in [9.17, 15) is 0 Å². The van der Waals surface area contributed by atoms with E-state index in [1.165, 1.54) is 38.1 Å². The van der Waals surface area contributed by atoms with Crippen molar-refractivity contribution in [2.24, 2.45) is 5.73 Å². The molecule has 1 aromatic rings. The molecule has 2 N–H and O–H groups in total. The maximum atomic E-state index is 5.54. The summed E-state index contributed by atoms with van der Waals surface area (Å²) in [6.45, 7) is 0.678. The molecule has 0 aliphatic rings. The molecular formula is C8H11NSn. The fourth-order valence-corrected chi connectivity index (χ4v) is 2.09. The number of benzene rings is 1. The Morgan fingerprint density at radius 3 is 2.20 bits per heavy atom. The van der Waals surface area contributed by atoms with Gasteiger partial charge in [0.25, 0.3) is 0 Å². The van der Waals surface area contributed by atoms with Gasteiger partial charge in [-0.3, -0.25) is 0 Å². The van der Waals surface area contributed by atoms with Crippen molar-refractivity contribution in [2.45, 2.75) is 11.0 Å². The summed E-state index contributed by atoms with van der Waals surface area (Å²) >= 11 is 1.28. The summed E-state index contributed by atoms with van der Waals surface area (Å²) in [5.41, 5.74) is 8.27. The van der Waals surface area contributed by atoms with Crippen LogP contribution in [0.5, 0.6) is 0 Å². The van der Waals surface area contributed by atoms with Crippen LogP contribution in [0.25, 0.3) is 0 Å². The SMILES string of the molecule is NCc1ccccc1[CH2][SnH]. The molecule has 0 aliphatic heterocycles. The Morgan fingerprint density at radius 1 is 1.20 bits per heavy atom. The molecule has 0 amide bonds. The van der Waals surface area contributed by atoms with Crippen molar-refractivity contribution in [1.82, 2.24) is 0 Å². The Hall–Kier alpha value is -0.0213. The Bertz CT molecular complexity index is 187. The second kappa shape index (κ2) is 3.98. The van der Waals surface area contributed by atoms with E-state index in [1.54, 1.807) is 0 Å². The topological polar surface area (TPSA) is 26.0 Å². The molecule has 0 aliphatic carbocycles. The molecule has 0 saturated heterocycles. The van der Waals surface area contributed by atoms with Crippen LogP contribution in [0.2, 0.25) is 0 Å². The molecule has 1 nitrogen and oxygen atoms in total. The quantitative estimate of drug-likeness (QED) is 0.750. The van der Waals surface area contributed by atoms with E-state index in [0.717, 1.165) is 0 Å². The third kappa shape index (κ3) is 1.73. The monoisotopic (exact) mass is 241 g/mol. The van der Waals surface area contributed by atoms with Gasteiger partial charge in [-0.2, -0.15) is 0 Å². The number of nitrogens with two attached hydrogens (primary N) is 1. The van der Waals surface area contributed by atoms with E-state index in [-0.39, 0.29) is 0 Å². The molecule has 10 heavy (non-hydrogen) atoms. The Labute approximate surface area is 74.7 Å². The Morgan fingerprint density at radius 2 is 1.80 bits per heavy atom. The van der Waals surface area contributed by atoms with Crippen LogP contribution in [-0.2, 0) is 11.0 Å². The van der Waals surface area contributed by atoms with Gasteiger partial charge in [0.2, 0.25) is 0 Å². The van der Waals surface area contributed by atoms with E-state index in [0.29, 0.717) is 6.54 Å². The predicted molar refractivity (Wildman–Crippen MR) is 45.2 cm³/mol. The molecule has 1 rings (SSSR count). The normalized spacial score (nSPS) is 9.80. The van der Waals surface area contributed by atoms with Crippen LogP contribution in [-0.4, -0.2) is 22.5 Å². The summed E-state index contributed by atoms with van der Waals surface area (Å²) in [5.74, 6) is 0. The van der Waals surface area contributed by atoms with Crippen molar-refractivity contribution in [1.29, 1.82) is 0 Å². The molecule has 2 heteroatoms. The van der Waals surface area contributed by atoms with Crippen LogP contribution < -0.4 is 5.73 Å². The summed E-state index contributed by atoms with van der Waals surface area (Å²) in [6, 6.07) is 8.38. The van der Waals surface area contributed by atoms with Gasteiger partial charge in [-0.25, -0.2) is 0 Å². The van der Waals surface area contributed by atoms with Crippen LogP contribution in [0.15, 0.2) is 24.3 Å². The molecule has 0 atom stereocenters. The van der Waals surface area contributed by atoms with Crippen LogP contribution in [0.1, 0.15) is 11.1 Å². The number of hydrogen-bond donors (Lipinski definition) is 1. The van der Waals surface area contributed by atoms with Gasteiger partial charge in [0.1, 0.15) is 0 Å². The van der Waals surface area contributed by atoms with Crippen molar-refractivity contribution < 1.29 is 0 Å². The average Bonchev–Trinajstić information content (AvgIpc) is 2.04. The van der Waals surface area contributed by atoms with Crippen LogP contribution in [0.3, 0.4) is 0 Å². The standard InChI is InChI=1S/C8H10N.Sn.H/c1-7-4-2-3-5-8(7)6-9;;/h2-5H,1,6,9H2;;. The van der Waals surface area contributed by atoms with Crippen LogP contribution in [0, 0.1) is 0 Å². The third-order valence-corrected chi connectivity index (χ3v) is 2.81. The molecule has 2 radical (unpaired) electrons. The predicted octanol–water partition coefficient (Wildman–Crippen LogP) is 0.546. The molecule has 52 valence electrons. The van der Waals surface area contributed by atoms with Crippen molar-refractivity contribution >= 4 is 22.5 Å². The van der Waals surface area contributed by atoms with Gasteiger partial charge >= 0.3 is 74.6 Å². The number of hydrogen-bond acceptors (Lipinski definition) is 1. The van der Waals surface area contributed by atoms with Gasteiger partial charge < -0.3 is 0 Å². The minimum absolute atomic E-state index is 0.678. The van der Waals surface area contributed by atoms with Gasteiger partial charge in [0.15, 0.2) is 0 Å². The molecule has 0 bridgehead atoms. The van der Waals surface area contributed by atoms with Gasteiger partial charge in [0.05, 0.1) is 0 Å². The molecule has 0 unspecified atom stereocenters. The first kappa shape index (κ1) is 8.08. The van der Waals surface area contributed by atoms with Crippen molar-refractivity contribution in [3.63, 3.8) is 0 Å². The van der Waals surface area contributed by atoms with E-state index in [1.807, 2.05) is 6.07 Å². The molecular weight excluding hydrogens is 229 g/mol. The molecule has 0 heterocycles. The average molecular weight is 240 g/mol. The van der Waals surface area contributed by atoms with Gasteiger partial charge in [-0.15, -0.1) is 0 Å². The van der Waals surface area contributed by atoms with Crippen LogP contribution >= 0.6 is 0 Å². The van der Waals surface area contributed by atoms with E-state index in [4.69, 9.17) is 5.73 Å². The Balaban J connectivity index is 2.96. The fraction of sp³-hybridized carbons (Fsp3) is 0.250. The zero-order chi connectivity index (χ0) is 7.40. The Kier molecular flexibility index (Phi) is 3.22. The van der Waals surface area contributed by atoms with E-state index < -0.39 is 0 Å². The van der Waals surface area contributed by atoms with E-state index in [2.05, 4.69) is 18.2 Å². The molecule has 1 aromatic carbocycles. The summed E-state index contributed by atoms with van der Waals surface area (Å²) in [4.78, 5) is 0. The van der Waals surface area contributed by atoms with Gasteiger partial charge in [-0.05, 0) is 0 Å². The third-order valence-electron chi connectivity index (χ3n) is 1.56. The van der Waals surface area contributed by atoms with Crippen molar-refractivity contribution in [3.05, 3.63) is 35.4 Å². The second-order valence-electron chi connectivity index (χ2n) is 2.18. The fourth-order valence-electron chi connectivity index (χ4n) is 0.956. The summed E-state index contributed by atoms with van der Waals surface area (Å²) in [6.07, 6.45) is 0. The van der Waals surface area contributed by atoms with Crippen LogP contribution in [0.4, 0.5) is 0 Å². The first-order chi connectivity index (χ1) is 4.88. The zero-order valence-electron chi connectivity index (χ0n) is 5.88. The van der Waals surface area contributed by atoms with Gasteiger partial charge in [0, 0.05) is 0 Å². The maximum absolute atomic E-state index is 5.54. The first-order valence-electron chi connectivity index (χ1n) is 3.35.